The third-order valence-corrected chi connectivity index (χ3v) is 4.05. The Kier molecular flexibility index (Phi) is 5.45. The van der Waals surface area contributed by atoms with E-state index in [2.05, 4.69) is 10.5 Å². The molecule has 1 saturated heterocycles. The lowest BCUT2D eigenvalue weighted by molar-refractivity contribution is -0.120. The molecule has 4 N–H and O–H groups in total. The van der Waals surface area contributed by atoms with E-state index in [-0.39, 0.29) is 22.9 Å². The molecule has 0 radical (unpaired) electrons. The number of nitrogens with zero attached hydrogens (tertiary/aromatic N) is 1. The molecule has 5 nitrogen and oxygen atoms in total. The SMILES string of the molecule is CC(CNC(=O)C1CCCCS1)C(N)=NO. The Morgan fingerprint density at radius 3 is 3.00 bits per heavy atom. The molecule has 0 aromatic carbocycles. The fourth-order valence-corrected chi connectivity index (χ4v) is 2.74. The second-order valence-electron chi connectivity index (χ2n) is 4.03. The summed E-state index contributed by atoms with van der Waals surface area (Å²) in [5, 5.41) is 14.3. The minimum absolute atomic E-state index is 0.0716. The molecule has 1 fully saturated rings. The first kappa shape index (κ1) is 13.2. The fourth-order valence-electron chi connectivity index (χ4n) is 1.52. The Hall–Kier alpha value is -0.910. The summed E-state index contributed by atoms with van der Waals surface area (Å²) in [4.78, 5) is 11.7. The van der Waals surface area contributed by atoms with Crippen molar-refractivity contribution in [3.8, 4) is 0 Å². The van der Waals surface area contributed by atoms with Crippen molar-refractivity contribution in [1.82, 2.24) is 5.32 Å². The van der Waals surface area contributed by atoms with Gasteiger partial charge in [0.2, 0.25) is 5.91 Å². The highest BCUT2D eigenvalue weighted by Gasteiger charge is 2.22. The lowest BCUT2D eigenvalue weighted by Crippen LogP contribution is -2.39. The Labute approximate surface area is 99.8 Å². The maximum Gasteiger partial charge on any atom is 0.233 e. The van der Waals surface area contributed by atoms with Gasteiger partial charge in [0.25, 0.3) is 0 Å². The average molecular weight is 245 g/mol. The number of amides is 1. The number of nitrogens with one attached hydrogen (secondary N) is 1. The highest BCUT2D eigenvalue weighted by molar-refractivity contribution is 8.00. The van der Waals surface area contributed by atoms with E-state index in [4.69, 9.17) is 10.9 Å². The smallest absolute Gasteiger partial charge is 0.233 e. The Bertz CT molecular complexity index is 265. The van der Waals surface area contributed by atoms with Gasteiger partial charge in [-0.05, 0) is 18.6 Å². The molecule has 1 aliphatic rings. The van der Waals surface area contributed by atoms with Crippen molar-refractivity contribution in [2.45, 2.75) is 31.4 Å². The number of rotatable bonds is 4. The molecule has 6 heteroatoms. The van der Waals surface area contributed by atoms with Gasteiger partial charge in [0, 0.05) is 12.5 Å². The minimum atomic E-state index is -0.137. The molecular weight excluding hydrogens is 226 g/mol. The summed E-state index contributed by atoms with van der Waals surface area (Å²) >= 11 is 1.71. The predicted octanol–water partition coefficient (Wildman–Crippen LogP) is 0.771. The van der Waals surface area contributed by atoms with Crippen LogP contribution in [0.1, 0.15) is 26.2 Å². The average Bonchev–Trinajstić information content (AvgIpc) is 2.35. The largest absolute Gasteiger partial charge is 0.409 e. The molecule has 2 unspecified atom stereocenters. The third-order valence-electron chi connectivity index (χ3n) is 2.67. The second-order valence-corrected chi connectivity index (χ2v) is 5.34. The van der Waals surface area contributed by atoms with Crippen LogP contribution in [0, 0.1) is 5.92 Å². The Morgan fingerprint density at radius 2 is 2.44 bits per heavy atom. The Morgan fingerprint density at radius 1 is 1.69 bits per heavy atom. The summed E-state index contributed by atoms with van der Waals surface area (Å²) in [6.07, 6.45) is 3.28. The van der Waals surface area contributed by atoms with E-state index in [1.165, 1.54) is 6.42 Å². The number of carbonyl (C=O) groups excluding carboxylic acids is 1. The normalized spacial score (nSPS) is 23.8. The summed E-state index contributed by atoms with van der Waals surface area (Å²) in [5.74, 6) is 1.15. The monoisotopic (exact) mass is 245 g/mol. The zero-order valence-electron chi connectivity index (χ0n) is 9.48. The number of hydrogen-bond acceptors (Lipinski definition) is 4. The number of thioether (sulfide) groups is 1. The molecule has 16 heavy (non-hydrogen) atoms. The van der Waals surface area contributed by atoms with E-state index in [0.29, 0.717) is 6.54 Å². The van der Waals surface area contributed by atoms with Crippen LogP contribution in [0.5, 0.6) is 0 Å². The first-order chi connectivity index (χ1) is 7.65. The van der Waals surface area contributed by atoms with Crippen molar-refractivity contribution >= 4 is 23.5 Å². The van der Waals surface area contributed by atoms with Crippen LogP contribution in [0.3, 0.4) is 0 Å². The fraction of sp³-hybridized carbons (Fsp3) is 0.800. The van der Waals surface area contributed by atoms with Crippen LogP contribution in [-0.2, 0) is 4.79 Å². The molecule has 1 heterocycles. The summed E-state index contributed by atoms with van der Waals surface area (Å²) < 4.78 is 0. The van der Waals surface area contributed by atoms with E-state index in [9.17, 15) is 4.79 Å². The second kappa shape index (κ2) is 6.62. The first-order valence-electron chi connectivity index (χ1n) is 5.52. The summed E-state index contributed by atoms with van der Waals surface area (Å²) in [7, 11) is 0. The van der Waals surface area contributed by atoms with Crippen molar-refractivity contribution in [3.63, 3.8) is 0 Å². The number of carbonyl (C=O) groups is 1. The minimum Gasteiger partial charge on any atom is -0.409 e. The van der Waals surface area contributed by atoms with Gasteiger partial charge < -0.3 is 16.3 Å². The van der Waals surface area contributed by atoms with Crippen LogP contribution in [0.4, 0.5) is 0 Å². The predicted molar refractivity (Wildman–Crippen MR) is 65.7 cm³/mol. The summed E-state index contributed by atoms with van der Waals surface area (Å²) in [6.45, 7) is 2.23. The molecule has 0 aromatic heterocycles. The molecule has 2 atom stereocenters. The van der Waals surface area contributed by atoms with E-state index >= 15 is 0 Å². The van der Waals surface area contributed by atoms with Crippen molar-refractivity contribution in [2.24, 2.45) is 16.8 Å². The zero-order chi connectivity index (χ0) is 12.0. The maximum atomic E-state index is 11.7. The lowest BCUT2D eigenvalue weighted by Gasteiger charge is -2.21. The van der Waals surface area contributed by atoms with Gasteiger partial charge >= 0.3 is 0 Å². The van der Waals surface area contributed by atoms with Gasteiger partial charge in [-0.1, -0.05) is 18.5 Å². The number of oxime groups is 1. The standard InChI is InChI=1S/C10H19N3O2S/c1-7(9(11)13-15)6-12-10(14)8-4-2-3-5-16-8/h7-8,15H,2-6H2,1H3,(H2,11,13)(H,12,14). The molecule has 92 valence electrons. The summed E-state index contributed by atoms with van der Waals surface area (Å²) in [5.41, 5.74) is 5.42. The van der Waals surface area contributed by atoms with Gasteiger partial charge in [-0.15, -0.1) is 11.8 Å². The number of amidine groups is 1. The van der Waals surface area contributed by atoms with Crippen LogP contribution < -0.4 is 11.1 Å². The number of hydrogen-bond donors (Lipinski definition) is 3. The highest BCUT2D eigenvalue weighted by Crippen LogP contribution is 2.24. The van der Waals surface area contributed by atoms with Gasteiger partial charge in [0.1, 0.15) is 5.84 Å². The zero-order valence-corrected chi connectivity index (χ0v) is 10.3. The highest BCUT2D eigenvalue weighted by atomic mass is 32.2. The number of nitrogens with two attached hydrogens (primary N) is 1. The quantitative estimate of drug-likeness (QED) is 0.295. The van der Waals surface area contributed by atoms with Crippen LogP contribution in [0.15, 0.2) is 5.16 Å². The Balaban J connectivity index is 2.28. The van der Waals surface area contributed by atoms with Gasteiger partial charge in [0.15, 0.2) is 0 Å². The third kappa shape index (κ3) is 3.92. The van der Waals surface area contributed by atoms with Gasteiger partial charge in [-0.3, -0.25) is 4.79 Å². The molecule has 1 rings (SSSR count). The molecule has 0 aromatic rings. The van der Waals surface area contributed by atoms with E-state index < -0.39 is 0 Å². The molecule has 0 spiro atoms. The van der Waals surface area contributed by atoms with Gasteiger partial charge in [0.05, 0.1) is 5.25 Å². The van der Waals surface area contributed by atoms with Gasteiger partial charge in [-0.25, -0.2) is 0 Å². The first-order valence-corrected chi connectivity index (χ1v) is 6.56. The van der Waals surface area contributed by atoms with E-state index in [1.54, 1.807) is 11.8 Å². The van der Waals surface area contributed by atoms with Crippen LogP contribution in [-0.4, -0.2) is 34.5 Å². The molecule has 0 saturated carbocycles. The van der Waals surface area contributed by atoms with Crippen molar-refractivity contribution in [1.29, 1.82) is 0 Å². The van der Waals surface area contributed by atoms with Crippen molar-refractivity contribution < 1.29 is 10.0 Å². The molecule has 1 aliphatic heterocycles. The lowest BCUT2D eigenvalue weighted by atomic mass is 10.1. The molecule has 1 amide bonds. The van der Waals surface area contributed by atoms with Gasteiger partial charge in [-0.2, -0.15) is 0 Å². The van der Waals surface area contributed by atoms with E-state index in [0.717, 1.165) is 18.6 Å². The van der Waals surface area contributed by atoms with Crippen LogP contribution in [0.25, 0.3) is 0 Å². The van der Waals surface area contributed by atoms with Crippen molar-refractivity contribution in [2.75, 3.05) is 12.3 Å². The summed E-state index contributed by atoms with van der Waals surface area (Å²) in [6, 6.07) is 0. The maximum absolute atomic E-state index is 11.7. The van der Waals surface area contributed by atoms with Crippen LogP contribution in [0.2, 0.25) is 0 Å². The molecular formula is C10H19N3O2S. The van der Waals surface area contributed by atoms with Crippen LogP contribution >= 0.6 is 11.8 Å². The molecule has 0 bridgehead atoms. The molecule has 0 aliphatic carbocycles. The van der Waals surface area contributed by atoms with Crippen molar-refractivity contribution in [3.05, 3.63) is 0 Å². The topological polar surface area (TPSA) is 87.7 Å². The van der Waals surface area contributed by atoms with E-state index in [1.807, 2.05) is 6.92 Å².